The molecule has 5 heterocycles. The molecule has 6 aromatic rings. The predicted octanol–water partition coefficient (Wildman–Crippen LogP) is 16.3. The SMILES string of the molecule is CCCCC(CC)COc1cc(/C=C2\C(=O)c3cc(F)c(F)cc3C2=C(C#N)C#N)sc1-c1cc2c(s1)-c1sc(-c3sc(/C=C4\C(=O)c5cc(F)c(F)cc5C4=C(C#N)C#N)cc3OCC(C)CC)cc1OC2(C)C. The minimum Gasteiger partial charge on any atom is -0.492 e. The molecule has 0 N–H and O–H groups in total. The molecule has 0 saturated heterocycles. The fourth-order valence-electron chi connectivity index (χ4n) is 9.17. The van der Waals surface area contributed by atoms with Crippen molar-refractivity contribution in [2.24, 2.45) is 11.8 Å². The van der Waals surface area contributed by atoms with E-state index in [1.165, 1.54) is 57.5 Å². The van der Waals surface area contributed by atoms with E-state index in [4.69, 9.17) is 14.2 Å². The highest BCUT2D eigenvalue weighted by Crippen LogP contribution is 2.59. The number of halogens is 4. The fourth-order valence-corrected chi connectivity index (χ4v) is 14.0. The summed E-state index contributed by atoms with van der Waals surface area (Å²) in [4.78, 5) is 33.8. The lowest BCUT2D eigenvalue weighted by molar-refractivity contribution is 0.103. The predicted molar refractivity (Wildman–Crippen MR) is 285 cm³/mol. The standard InChI is InChI=1S/C58H44F4N4O5S4/c1-7-10-11-29(9-3)27-70-46-15-33(13-39-51(31(24-65)25-66)35-17-42(60)44(62)19-37(35)53(39)68)72-55(46)48-20-40-54(74-48)57-47(71-58(40,5)6)21-49(75-57)56-45(69-26-28(4)8-2)14-32(73-56)12-38-50(30(22-63)23-64)34-16-41(59)43(61)18-36(34)52(38)67/h12-21,28-29H,7-11,26-27H2,1-6H3/b38-12-,39-13-. The number of thiophene rings is 4. The Morgan fingerprint density at radius 1 is 0.627 bits per heavy atom. The Hall–Kier alpha value is -7.38. The second-order valence-corrected chi connectivity index (χ2v) is 23.1. The number of nitriles is 4. The van der Waals surface area contributed by atoms with Crippen LogP contribution in [0.5, 0.6) is 17.2 Å². The van der Waals surface area contributed by atoms with Gasteiger partial charge < -0.3 is 14.2 Å². The van der Waals surface area contributed by atoms with Gasteiger partial charge in [-0.3, -0.25) is 9.59 Å². The first kappa shape index (κ1) is 52.5. The van der Waals surface area contributed by atoms with Crippen LogP contribution >= 0.6 is 45.3 Å². The van der Waals surface area contributed by atoms with Crippen LogP contribution in [0.4, 0.5) is 17.6 Å². The van der Waals surface area contributed by atoms with Crippen molar-refractivity contribution in [3.63, 3.8) is 0 Å². The zero-order valence-corrected chi connectivity index (χ0v) is 44.6. The van der Waals surface area contributed by atoms with E-state index in [1.54, 1.807) is 12.1 Å². The van der Waals surface area contributed by atoms with Crippen molar-refractivity contribution < 1.29 is 41.4 Å². The van der Waals surface area contributed by atoms with Crippen LogP contribution in [0.1, 0.15) is 121 Å². The van der Waals surface area contributed by atoms with E-state index in [0.29, 0.717) is 45.1 Å². The molecule has 2 unspecified atom stereocenters. The van der Waals surface area contributed by atoms with Crippen LogP contribution in [0.15, 0.2) is 70.8 Å². The van der Waals surface area contributed by atoms with E-state index >= 15 is 0 Å². The molecule has 3 aliphatic rings. The lowest BCUT2D eigenvalue weighted by Crippen LogP contribution is -2.27. The molecular weight excluding hydrogens is 1040 g/mol. The monoisotopic (exact) mass is 1080 g/mol. The molecule has 2 aliphatic carbocycles. The van der Waals surface area contributed by atoms with Gasteiger partial charge in [-0.25, -0.2) is 17.6 Å². The highest BCUT2D eigenvalue weighted by atomic mass is 32.1. The summed E-state index contributed by atoms with van der Waals surface area (Å²) in [6.45, 7) is 13.1. The summed E-state index contributed by atoms with van der Waals surface area (Å²) >= 11 is 5.65. The maximum Gasteiger partial charge on any atom is 0.194 e. The fraction of sp³-hybridized carbons (Fsp3) is 0.276. The molecule has 75 heavy (non-hydrogen) atoms. The number of hydrogen-bond acceptors (Lipinski definition) is 13. The van der Waals surface area contributed by atoms with Gasteiger partial charge in [0.25, 0.3) is 0 Å². The zero-order valence-electron chi connectivity index (χ0n) is 41.4. The molecule has 0 fully saturated rings. The zero-order chi connectivity index (χ0) is 53.6. The van der Waals surface area contributed by atoms with Gasteiger partial charge >= 0.3 is 0 Å². The van der Waals surface area contributed by atoms with Crippen molar-refractivity contribution in [1.82, 2.24) is 0 Å². The number of ether oxygens (including phenoxy) is 3. The van der Waals surface area contributed by atoms with E-state index in [0.717, 1.165) is 86.3 Å². The Morgan fingerprint density at radius 2 is 1.09 bits per heavy atom. The number of ketones is 2. The summed E-state index contributed by atoms with van der Waals surface area (Å²) < 4.78 is 78.2. The third kappa shape index (κ3) is 9.67. The van der Waals surface area contributed by atoms with Crippen LogP contribution in [0, 0.1) is 80.4 Å². The number of carbonyl (C=O) groups is 2. The highest BCUT2D eigenvalue weighted by Gasteiger charge is 2.39. The molecule has 378 valence electrons. The molecule has 9 nitrogen and oxygen atoms in total. The second kappa shape index (κ2) is 21.1. The number of benzene rings is 2. The van der Waals surface area contributed by atoms with Crippen LogP contribution < -0.4 is 14.2 Å². The van der Waals surface area contributed by atoms with Crippen molar-refractivity contribution in [3.05, 3.63) is 132 Å². The Labute approximate surface area is 446 Å². The van der Waals surface area contributed by atoms with Gasteiger partial charge in [0.05, 0.1) is 37.6 Å². The van der Waals surface area contributed by atoms with E-state index in [2.05, 4.69) is 33.8 Å². The third-order valence-corrected chi connectivity index (χ3v) is 18.4. The Bertz CT molecular complexity index is 3670. The van der Waals surface area contributed by atoms with Crippen LogP contribution in [0.3, 0.4) is 0 Å². The van der Waals surface area contributed by atoms with Gasteiger partial charge in [-0.1, -0.05) is 53.4 Å². The number of unbranched alkanes of at least 4 members (excludes halogenated alkanes) is 1. The third-order valence-electron chi connectivity index (χ3n) is 13.5. The van der Waals surface area contributed by atoms with Gasteiger partial charge in [-0.2, -0.15) is 21.0 Å². The first-order valence-corrected chi connectivity index (χ1v) is 27.4. The number of fused-ring (bicyclic) bond motifs is 5. The minimum absolute atomic E-state index is 0.0379. The first-order valence-electron chi connectivity index (χ1n) is 24.1. The minimum atomic E-state index is -1.23. The van der Waals surface area contributed by atoms with Crippen molar-refractivity contribution in [3.8, 4) is 70.8 Å². The Morgan fingerprint density at radius 3 is 1.56 bits per heavy atom. The van der Waals surface area contributed by atoms with Crippen LogP contribution in [0.2, 0.25) is 0 Å². The van der Waals surface area contributed by atoms with Gasteiger partial charge in [0, 0.05) is 59.7 Å². The molecule has 0 spiro atoms. The number of Topliss-reactive ketones (excluding diaryl/α,β-unsaturated/α-hetero) is 2. The van der Waals surface area contributed by atoms with Crippen LogP contribution in [0.25, 0.3) is 52.6 Å². The first-order chi connectivity index (χ1) is 36.0. The molecule has 4 aromatic heterocycles. The topological polar surface area (TPSA) is 157 Å². The molecule has 9 rings (SSSR count). The summed E-state index contributed by atoms with van der Waals surface area (Å²) in [5.74, 6) is -4.08. The van der Waals surface area contributed by atoms with Crippen molar-refractivity contribution in [2.45, 2.75) is 79.2 Å². The molecule has 0 saturated carbocycles. The van der Waals surface area contributed by atoms with Gasteiger partial charge in [-0.05, 0) is 97.8 Å². The molecule has 2 aromatic carbocycles. The normalized spacial score (nSPS) is 15.8. The number of carbonyl (C=O) groups excluding carboxylic acids is 2. The van der Waals surface area contributed by atoms with Crippen LogP contribution in [-0.4, -0.2) is 24.8 Å². The summed E-state index contributed by atoms with van der Waals surface area (Å²) in [7, 11) is 0. The lowest BCUT2D eigenvalue weighted by Gasteiger charge is -2.31. The average Bonchev–Trinajstić information content (AvgIpc) is 4.27. The highest BCUT2D eigenvalue weighted by molar-refractivity contribution is 7.29. The molecule has 17 heteroatoms. The second-order valence-electron chi connectivity index (χ2n) is 18.9. The van der Waals surface area contributed by atoms with E-state index in [-0.39, 0.29) is 56.4 Å². The van der Waals surface area contributed by atoms with Crippen molar-refractivity contribution in [1.29, 1.82) is 21.0 Å². The van der Waals surface area contributed by atoms with Crippen LogP contribution in [-0.2, 0) is 5.60 Å². The average molecular weight is 1080 g/mol. The molecule has 0 bridgehead atoms. The maximum absolute atomic E-state index is 14.6. The molecular formula is C58H44F4N4O5S4. The summed E-state index contributed by atoms with van der Waals surface area (Å²) in [5.41, 5.74) is -1.41. The summed E-state index contributed by atoms with van der Waals surface area (Å²) in [5, 5.41) is 39.8. The smallest absolute Gasteiger partial charge is 0.194 e. The van der Waals surface area contributed by atoms with E-state index in [1.807, 2.05) is 44.2 Å². The lowest BCUT2D eigenvalue weighted by atomic mass is 9.95. The number of nitrogens with zero attached hydrogens (tertiary/aromatic N) is 4. The number of rotatable bonds is 15. The van der Waals surface area contributed by atoms with Gasteiger partial charge in [0.1, 0.15) is 58.3 Å². The quantitative estimate of drug-likeness (QED) is 0.0554. The molecule has 0 radical (unpaired) electrons. The van der Waals surface area contributed by atoms with Crippen molar-refractivity contribution >= 4 is 80.2 Å². The van der Waals surface area contributed by atoms with Gasteiger partial charge in [0.2, 0.25) is 0 Å². The Kier molecular flexibility index (Phi) is 14.8. The molecule has 0 amide bonds. The van der Waals surface area contributed by atoms with Crippen molar-refractivity contribution in [2.75, 3.05) is 13.2 Å². The largest absolute Gasteiger partial charge is 0.492 e. The van der Waals surface area contributed by atoms with Gasteiger partial charge in [-0.15, -0.1) is 45.3 Å². The number of hydrogen-bond donors (Lipinski definition) is 0. The van der Waals surface area contributed by atoms with Gasteiger partial charge in [0.15, 0.2) is 34.8 Å². The molecule has 2 atom stereocenters. The molecule has 1 aliphatic heterocycles. The Balaban J connectivity index is 1.15. The maximum atomic E-state index is 14.6. The summed E-state index contributed by atoms with van der Waals surface area (Å²) in [6, 6.07) is 18.1. The van der Waals surface area contributed by atoms with E-state index in [9.17, 15) is 48.2 Å². The summed E-state index contributed by atoms with van der Waals surface area (Å²) in [6.07, 6.45) is 7.83. The van der Waals surface area contributed by atoms with E-state index < -0.39 is 51.6 Å². The number of allylic oxidation sites excluding steroid dienone is 6.